The van der Waals surface area contributed by atoms with Crippen LogP contribution in [0.4, 0.5) is 0 Å². The third-order valence-corrected chi connectivity index (χ3v) is 4.12. The number of aryl methyl sites for hydroxylation is 1. The Balaban J connectivity index is 1.39. The van der Waals surface area contributed by atoms with Crippen molar-refractivity contribution >= 4 is 5.91 Å². The van der Waals surface area contributed by atoms with E-state index in [9.17, 15) is 4.79 Å². The molecule has 2 heterocycles. The van der Waals surface area contributed by atoms with Gasteiger partial charge >= 0.3 is 0 Å². The lowest BCUT2D eigenvalue weighted by Crippen LogP contribution is -2.43. The lowest BCUT2D eigenvalue weighted by Gasteiger charge is -2.25. The Morgan fingerprint density at radius 3 is 3.09 bits per heavy atom. The summed E-state index contributed by atoms with van der Waals surface area (Å²) in [6.07, 6.45) is 2.61. The number of nitrogens with one attached hydrogen (secondary N) is 2. The number of nitrogens with zero attached hydrogens (tertiary/aromatic N) is 1. The van der Waals surface area contributed by atoms with Gasteiger partial charge in [0.05, 0.1) is 12.2 Å². The zero-order valence-corrected chi connectivity index (χ0v) is 12.1. The Labute approximate surface area is 127 Å². The number of aromatic nitrogens is 2. The minimum absolute atomic E-state index is 0.177. The highest BCUT2D eigenvalue weighted by molar-refractivity contribution is 5.81. The number of carbonyl (C=O) groups is 1. The molecular weight excluding hydrogens is 282 g/mol. The summed E-state index contributed by atoms with van der Waals surface area (Å²) >= 11 is 0. The van der Waals surface area contributed by atoms with Gasteiger partial charge in [-0.25, -0.2) is 0 Å². The number of hydrogen-bond acceptors (Lipinski definition) is 4. The summed E-state index contributed by atoms with van der Waals surface area (Å²) in [7, 11) is 0. The van der Waals surface area contributed by atoms with Crippen molar-refractivity contribution in [3.63, 3.8) is 0 Å². The fourth-order valence-corrected chi connectivity index (χ4v) is 2.97. The van der Waals surface area contributed by atoms with E-state index in [4.69, 9.17) is 9.47 Å². The monoisotopic (exact) mass is 299 g/mol. The number of ether oxygens (including phenoxy) is 2. The molecule has 0 spiro atoms. The van der Waals surface area contributed by atoms with Crippen molar-refractivity contribution < 1.29 is 14.3 Å². The Kier molecular flexibility index (Phi) is 3.21. The summed E-state index contributed by atoms with van der Waals surface area (Å²) in [5.41, 5.74) is 3.39. The molecule has 4 rings (SSSR count). The molecule has 2 N–H and O–H groups in total. The normalized spacial score (nSPS) is 18.8. The Morgan fingerprint density at radius 1 is 1.32 bits per heavy atom. The SMILES string of the molecule is O=C(NCc1n[nH]c2c1CCC2)C1COc2ccccc2O1. The third kappa shape index (κ3) is 2.30. The predicted molar refractivity (Wildman–Crippen MR) is 78.8 cm³/mol. The summed E-state index contributed by atoms with van der Waals surface area (Å²) in [5, 5.41) is 10.2. The van der Waals surface area contributed by atoms with Crippen molar-refractivity contribution in [2.24, 2.45) is 0 Å². The van der Waals surface area contributed by atoms with Gasteiger partial charge in [-0.3, -0.25) is 9.89 Å². The van der Waals surface area contributed by atoms with Crippen LogP contribution in [-0.4, -0.2) is 28.8 Å². The van der Waals surface area contributed by atoms with Crippen LogP contribution < -0.4 is 14.8 Å². The molecule has 0 bridgehead atoms. The number of para-hydroxylation sites is 2. The Morgan fingerprint density at radius 2 is 2.18 bits per heavy atom. The van der Waals surface area contributed by atoms with Gasteiger partial charge in [0.2, 0.25) is 6.10 Å². The van der Waals surface area contributed by atoms with Gasteiger partial charge in [0.1, 0.15) is 6.61 Å². The number of H-pyrrole nitrogens is 1. The second-order valence-corrected chi connectivity index (χ2v) is 5.56. The average molecular weight is 299 g/mol. The van der Waals surface area contributed by atoms with Crippen LogP contribution in [0.2, 0.25) is 0 Å². The van der Waals surface area contributed by atoms with E-state index in [1.165, 1.54) is 11.3 Å². The van der Waals surface area contributed by atoms with Crippen LogP contribution in [-0.2, 0) is 24.2 Å². The molecule has 1 aliphatic carbocycles. The zero-order chi connectivity index (χ0) is 14.9. The Hall–Kier alpha value is -2.50. The molecular formula is C16H17N3O3. The first-order chi connectivity index (χ1) is 10.8. The molecule has 1 unspecified atom stereocenters. The third-order valence-electron chi connectivity index (χ3n) is 4.12. The molecule has 2 aromatic rings. The lowest BCUT2D eigenvalue weighted by molar-refractivity contribution is -0.130. The maximum atomic E-state index is 12.2. The van der Waals surface area contributed by atoms with Crippen molar-refractivity contribution in [3.8, 4) is 11.5 Å². The molecule has 1 aromatic carbocycles. The highest BCUT2D eigenvalue weighted by Crippen LogP contribution is 2.31. The molecule has 6 heteroatoms. The van der Waals surface area contributed by atoms with Gasteiger partial charge in [0, 0.05) is 5.69 Å². The van der Waals surface area contributed by atoms with E-state index >= 15 is 0 Å². The Bertz CT molecular complexity index is 710. The van der Waals surface area contributed by atoms with Crippen LogP contribution in [0.1, 0.15) is 23.4 Å². The molecule has 22 heavy (non-hydrogen) atoms. The van der Waals surface area contributed by atoms with Gasteiger partial charge in [-0.05, 0) is 37.0 Å². The van der Waals surface area contributed by atoms with Gasteiger partial charge in [-0.1, -0.05) is 12.1 Å². The maximum absolute atomic E-state index is 12.2. The quantitative estimate of drug-likeness (QED) is 0.897. The van der Waals surface area contributed by atoms with Crippen LogP contribution in [0, 0.1) is 0 Å². The molecule has 0 fully saturated rings. The largest absolute Gasteiger partial charge is 0.485 e. The van der Waals surface area contributed by atoms with Gasteiger partial charge in [-0.15, -0.1) is 0 Å². The van der Waals surface area contributed by atoms with Crippen LogP contribution in [0.25, 0.3) is 0 Å². The van der Waals surface area contributed by atoms with E-state index in [0.717, 1.165) is 25.0 Å². The van der Waals surface area contributed by atoms with Crippen molar-refractivity contribution in [3.05, 3.63) is 41.2 Å². The van der Waals surface area contributed by atoms with Crippen LogP contribution in [0.3, 0.4) is 0 Å². The molecule has 0 saturated carbocycles. The molecule has 0 radical (unpaired) electrons. The second kappa shape index (κ2) is 5.36. The molecule has 2 aliphatic rings. The fraction of sp³-hybridized carbons (Fsp3) is 0.375. The summed E-state index contributed by atoms with van der Waals surface area (Å²) in [6, 6.07) is 7.36. The molecule has 114 valence electrons. The number of rotatable bonds is 3. The van der Waals surface area contributed by atoms with Crippen molar-refractivity contribution in [2.45, 2.75) is 31.9 Å². The van der Waals surface area contributed by atoms with Gasteiger partial charge in [0.25, 0.3) is 5.91 Å². The number of aromatic amines is 1. The predicted octanol–water partition coefficient (Wildman–Crippen LogP) is 1.35. The maximum Gasteiger partial charge on any atom is 0.265 e. The molecule has 1 amide bonds. The number of fused-ring (bicyclic) bond motifs is 2. The number of benzene rings is 1. The molecule has 1 atom stereocenters. The van der Waals surface area contributed by atoms with Crippen molar-refractivity contribution in [1.82, 2.24) is 15.5 Å². The van der Waals surface area contributed by atoms with E-state index in [-0.39, 0.29) is 12.5 Å². The van der Waals surface area contributed by atoms with E-state index < -0.39 is 6.10 Å². The van der Waals surface area contributed by atoms with E-state index in [0.29, 0.717) is 18.0 Å². The summed E-state index contributed by atoms with van der Waals surface area (Å²) < 4.78 is 11.3. The van der Waals surface area contributed by atoms with E-state index in [2.05, 4.69) is 15.5 Å². The van der Waals surface area contributed by atoms with Crippen LogP contribution >= 0.6 is 0 Å². The zero-order valence-electron chi connectivity index (χ0n) is 12.1. The summed E-state index contributed by atoms with van der Waals surface area (Å²) in [6.45, 7) is 0.647. The topological polar surface area (TPSA) is 76.2 Å². The number of carbonyl (C=O) groups excluding carboxylic acids is 1. The fourth-order valence-electron chi connectivity index (χ4n) is 2.97. The van der Waals surface area contributed by atoms with E-state index in [1.54, 1.807) is 6.07 Å². The summed E-state index contributed by atoms with van der Waals surface area (Å²) in [5.74, 6) is 1.11. The minimum Gasteiger partial charge on any atom is -0.485 e. The standard InChI is InChI=1S/C16H17N3O3/c20-16(15-9-21-13-6-1-2-7-14(13)22-15)17-8-12-10-4-3-5-11(10)18-19-12/h1-2,6-7,15H,3-5,8-9H2,(H,17,20)(H,18,19). The number of amides is 1. The van der Waals surface area contributed by atoms with Gasteiger partial charge in [0.15, 0.2) is 11.5 Å². The highest BCUT2D eigenvalue weighted by Gasteiger charge is 2.27. The summed E-state index contributed by atoms with van der Waals surface area (Å²) in [4.78, 5) is 12.2. The average Bonchev–Trinajstić information content (AvgIpc) is 3.16. The molecule has 6 nitrogen and oxygen atoms in total. The van der Waals surface area contributed by atoms with Crippen molar-refractivity contribution in [2.75, 3.05) is 6.61 Å². The highest BCUT2D eigenvalue weighted by atomic mass is 16.6. The second-order valence-electron chi connectivity index (χ2n) is 5.56. The first-order valence-electron chi connectivity index (χ1n) is 7.52. The minimum atomic E-state index is -0.623. The van der Waals surface area contributed by atoms with Gasteiger partial charge < -0.3 is 14.8 Å². The first kappa shape index (κ1) is 13.2. The van der Waals surface area contributed by atoms with E-state index in [1.807, 2.05) is 18.2 Å². The van der Waals surface area contributed by atoms with Crippen molar-refractivity contribution in [1.29, 1.82) is 0 Å². The first-order valence-corrected chi connectivity index (χ1v) is 7.52. The van der Waals surface area contributed by atoms with Gasteiger partial charge in [-0.2, -0.15) is 5.10 Å². The van der Waals surface area contributed by atoms with Crippen LogP contribution in [0.5, 0.6) is 11.5 Å². The molecule has 1 aliphatic heterocycles. The molecule has 0 saturated heterocycles. The molecule has 1 aromatic heterocycles. The smallest absolute Gasteiger partial charge is 0.265 e. The lowest BCUT2D eigenvalue weighted by atomic mass is 10.2. The number of hydrogen-bond donors (Lipinski definition) is 2. The van der Waals surface area contributed by atoms with Crippen LogP contribution in [0.15, 0.2) is 24.3 Å².